The Morgan fingerprint density at radius 3 is 2.85 bits per heavy atom. The summed E-state index contributed by atoms with van der Waals surface area (Å²) >= 11 is 1.21. The minimum absolute atomic E-state index is 0.0896. The quantitative estimate of drug-likeness (QED) is 0.495. The monoisotopic (exact) mass is 384 g/mol. The van der Waals surface area contributed by atoms with Gasteiger partial charge in [-0.3, -0.25) is 19.1 Å². The van der Waals surface area contributed by atoms with Gasteiger partial charge in [-0.1, -0.05) is 23.9 Å². The molecule has 2 heterocycles. The topological polar surface area (TPSA) is 86.1 Å². The zero-order chi connectivity index (χ0) is 19.2. The van der Waals surface area contributed by atoms with Gasteiger partial charge in [0.05, 0.1) is 35.1 Å². The lowest BCUT2D eigenvalue weighted by Crippen LogP contribution is -2.36. The Bertz CT molecular complexity index is 991. The van der Waals surface area contributed by atoms with Crippen molar-refractivity contribution >= 4 is 28.6 Å². The second-order valence-electron chi connectivity index (χ2n) is 5.98. The number of benzene rings is 1. The van der Waals surface area contributed by atoms with Gasteiger partial charge in [0, 0.05) is 19.3 Å². The normalized spacial score (nSPS) is 12.1. The Labute approximate surface area is 160 Å². The Morgan fingerprint density at radius 2 is 2.11 bits per heavy atom. The lowest BCUT2D eigenvalue weighted by molar-refractivity contribution is -0.119. The van der Waals surface area contributed by atoms with Gasteiger partial charge in [-0.25, -0.2) is 4.98 Å². The largest absolute Gasteiger partial charge is 0.383 e. The molecule has 0 unspecified atom stereocenters. The van der Waals surface area contributed by atoms with Crippen molar-refractivity contribution in [1.29, 1.82) is 0 Å². The average molecular weight is 384 g/mol. The number of carbonyl (C=O) groups is 1. The van der Waals surface area contributed by atoms with Gasteiger partial charge in [-0.2, -0.15) is 0 Å². The average Bonchev–Trinajstić information content (AvgIpc) is 2.67. The highest BCUT2D eigenvalue weighted by atomic mass is 32.2. The fraction of sp³-hybridized carbons (Fsp3) is 0.263. The highest BCUT2D eigenvalue weighted by Crippen LogP contribution is 2.20. The van der Waals surface area contributed by atoms with Crippen LogP contribution >= 0.6 is 11.8 Å². The van der Waals surface area contributed by atoms with Crippen LogP contribution in [0, 0.1) is 0 Å². The van der Waals surface area contributed by atoms with E-state index in [2.05, 4.69) is 15.3 Å². The molecule has 0 radical (unpaired) electrons. The predicted molar refractivity (Wildman–Crippen MR) is 105 cm³/mol. The Morgan fingerprint density at radius 1 is 1.30 bits per heavy atom. The maximum absolute atomic E-state index is 13.0. The first-order chi connectivity index (χ1) is 13.1. The summed E-state index contributed by atoms with van der Waals surface area (Å²) in [4.78, 5) is 33.9. The lowest BCUT2D eigenvalue weighted by atomic mass is 10.2. The van der Waals surface area contributed by atoms with Crippen LogP contribution in [0.2, 0.25) is 0 Å². The van der Waals surface area contributed by atoms with E-state index in [0.29, 0.717) is 28.4 Å². The van der Waals surface area contributed by atoms with Crippen LogP contribution in [0.4, 0.5) is 0 Å². The first-order valence-corrected chi connectivity index (χ1v) is 9.42. The number of hydrogen-bond donors (Lipinski definition) is 1. The van der Waals surface area contributed by atoms with Crippen molar-refractivity contribution < 1.29 is 9.53 Å². The summed E-state index contributed by atoms with van der Waals surface area (Å²) in [6.45, 7) is 2.30. The number of ether oxygens (including phenoxy) is 1. The molecule has 1 amide bonds. The lowest BCUT2D eigenvalue weighted by Gasteiger charge is -2.14. The van der Waals surface area contributed by atoms with Crippen LogP contribution in [0.3, 0.4) is 0 Å². The van der Waals surface area contributed by atoms with Gasteiger partial charge in [0.25, 0.3) is 5.56 Å². The van der Waals surface area contributed by atoms with Gasteiger partial charge in [0.15, 0.2) is 5.16 Å². The van der Waals surface area contributed by atoms with E-state index in [-0.39, 0.29) is 23.3 Å². The summed E-state index contributed by atoms with van der Waals surface area (Å²) in [7, 11) is 1.59. The van der Waals surface area contributed by atoms with E-state index < -0.39 is 0 Å². The summed E-state index contributed by atoms with van der Waals surface area (Å²) < 4.78 is 6.51. The van der Waals surface area contributed by atoms with Gasteiger partial charge < -0.3 is 10.1 Å². The third-order valence-corrected chi connectivity index (χ3v) is 4.74. The van der Waals surface area contributed by atoms with E-state index in [1.807, 2.05) is 13.0 Å². The highest BCUT2D eigenvalue weighted by molar-refractivity contribution is 7.99. The number of fused-ring (bicyclic) bond motifs is 1. The molecule has 1 atom stereocenters. The van der Waals surface area contributed by atoms with E-state index >= 15 is 0 Å². The molecule has 8 heteroatoms. The van der Waals surface area contributed by atoms with Gasteiger partial charge >= 0.3 is 0 Å². The molecule has 0 bridgehead atoms. The molecule has 0 spiro atoms. The standard InChI is InChI=1S/C19H20N4O3S/c1-13(11-26-2)21-17(24)12-27-19-22-16-8-4-3-7-15(16)18(25)23(19)14-6-5-9-20-10-14/h3-10,13H,11-12H2,1-2H3,(H,21,24)/t13-/m0/s1. The number of aromatic nitrogens is 3. The first-order valence-electron chi connectivity index (χ1n) is 8.43. The third kappa shape index (κ3) is 4.53. The zero-order valence-corrected chi connectivity index (χ0v) is 15.9. The summed E-state index contributed by atoms with van der Waals surface area (Å²) in [5.74, 6) is -0.0104. The molecule has 0 fully saturated rings. The van der Waals surface area contributed by atoms with Crippen LogP contribution in [0.1, 0.15) is 6.92 Å². The van der Waals surface area contributed by atoms with Crippen LogP contribution in [0.15, 0.2) is 58.7 Å². The smallest absolute Gasteiger partial charge is 0.266 e. The number of carbonyl (C=O) groups excluding carboxylic acids is 1. The van der Waals surface area contributed by atoms with Crippen molar-refractivity contribution in [2.75, 3.05) is 19.5 Å². The maximum Gasteiger partial charge on any atom is 0.266 e. The molecule has 1 N–H and O–H groups in total. The van der Waals surface area contributed by atoms with E-state index in [1.54, 1.807) is 49.8 Å². The zero-order valence-electron chi connectivity index (χ0n) is 15.1. The number of para-hydroxylation sites is 1. The molecule has 0 saturated carbocycles. The van der Waals surface area contributed by atoms with Crippen molar-refractivity contribution in [3.63, 3.8) is 0 Å². The number of methoxy groups -OCH3 is 1. The van der Waals surface area contributed by atoms with Crippen LogP contribution in [-0.2, 0) is 9.53 Å². The highest BCUT2D eigenvalue weighted by Gasteiger charge is 2.15. The molecular weight excluding hydrogens is 364 g/mol. The number of rotatable bonds is 7. The predicted octanol–water partition coefficient (Wildman–Crippen LogP) is 2.02. The SMILES string of the molecule is COC[C@H](C)NC(=O)CSc1nc2ccccc2c(=O)n1-c1cccnc1. The van der Waals surface area contributed by atoms with Crippen molar-refractivity contribution in [3.8, 4) is 5.69 Å². The minimum atomic E-state index is -0.191. The van der Waals surface area contributed by atoms with Crippen molar-refractivity contribution in [2.24, 2.45) is 0 Å². The summed E-state index contributed by atoms with van der Waals surface area (Å²) in [6, 6.07) is 10.6. The van der Waals surface area contributed by atoms with E-state index in [4.69, 9.17) is 4.74 Å². The molecule has 1 aromatic carbocycles. The van der Waals surface area contributed by atoms with Gasteiger partial charge in [-0.15, -0.1) is 0 Å². The van der Waals surface area contributed by atoms with Gasteiger partial charge in [-0.05, 0) is 31.2 Å². The maximum atomic E-state index is 13.0. The molecule has 7 nitrogen and oxygen atoms in total. The Kier molecular flexibility index (Phi) is 6.20. The van der Waals surface area contributed by atoms with Gasteiger partial charge in [0.1, 0.15) is 0 Å². The molecule has 0 saturated heterocycles. The van der Waals surface area contributed by atoms with Gasteiger partial charge in [0.2, 0.25) is 5.91 Å². The molecule has 2 aromatic heterocycles. The molecule has 27 heavy (non-hydrogen) atoms. The Balaban J connectivity index is 1.94. The minimum Gasteiger partial charge on any atom is -0.383 e. The molecule has 3 aromatic rings. The Hall–Kier alpha value is -2.71. The fourth-order valence-electron chi connectivity index (χ4n) is 2.66. The van der Waals surface area contributed by atoms with Crippen LogP contribution < -0.4 is 10.9 Å². The van der Waals surface area contributed by atoms with E-state index in [1.165, 1.54) is 16.3 Å². The van der Waals surface area contributed by atoms with E-state index in [9.17, 15) is 9.59 Å². The first kappa shape index (κ1) is 19.1. The number of thioether (sulfide) groups is 1. The summed E-state index contributed by atoms with van der Waals surface area (Å²) in [5.41, 5.74) is 1.01. The number of hydrogen-bond acceptors (Lipinski definition) is 6. The van der Waals surface area contributed by atoms with E-state index in [0.717, 1.165) is 0 Å². The number of pyridine rings is 1. The summed E-state index contributed by atoms with van der Waals surface area (Å²) in [6.07, 6.45) is 3.24. The number of amides is 1. The number of nitrogens with zero attached hydrogens (tertiary/aromatic N) is 3. The summed E-state index contributed by atoms with van der Waals surface area (Å²) in [5, 5.41) is 3.81. The number of nitrogens with one attached hydrogen (secondary N) is 1. The fourth-order valence-corrected chi connectivity index (χ4v) is 3.48. The molecule has 0 aliphatic rings. The second-order valence-corrected chi connectivity index (χ2v) is 6.92. The van der Waals surface area contributed by atoms with Crippen molar-refractivity contribution in [3.05, 3.63) is 59.1 Å². The van der Waals surface area contributed by atoms with Crippen molar-refractivity contribution in [2.45, 2.75) is 18.1 Å². The third-order valence-electron chi connectivity index (χ3n) is 3.81. The molecule has 3 rings (SSSR count). The second kappa shape index (κ2) is 8.79. The van der Waals surface area contributed by atoms with Crippen LogP contribution in [0.25, 0.3) is 16.6 Å². The molecule has 140 valence electrons. The molecule has 0 aliphatic carbocycles. The van der Waals surface area contributed by atoms with Crippen molar-refractivity contribution in [1.82, 2.24) is 19.9 Å². The van der Waals surface area contributed by atoms with Crippen LogP contribution in [0.5, 0.6) is 0 Å². The van der Waals surface area contributed by atoms with Crippen LogP contribution in [-0.4, -0.2) is 46.0 Å². The molecule has 0 aliphatic heterocycles. The molecular formula is C19H20N4O3S.